The SMILES string of the molecule is CCCN=C(N)NCCc1ccc(Br)s1. The van der Waals surface area contributed by atoms with Gasteiger partial charge in [0.15, 0.2) is 5.96 Å². The summed E-state index contributed by atoms with van der Waals surface area (Å²) in [5.74, 6) is 0.549. The summed E-state index contributed by atoms with van der Waals surface area (Å²) in [4.78, 5) is 5.50. The molecule has 0 bridgehead atoms. The van der Waals surface area contributed by atoms with Crippen molar-refractivity contribution in [3.63, 3.8) is 0 Å². The molecule has 5 heteroatoms. The second-order valence-electron chi connectivity index (χ2n) is 3.15. The number of halogens is 1. The Morgan fingerprint density at radius 3 is 3.00 bits per heavy atom. The Morgan fingerprint density at radius 1 is 1.60 bits per heavy atom. The van der Waals surface area contributed by atoms with Crippen LogP contribution in [0.25, 0.3) is 0 Å². The fourth-order valence-corrected chi connectivity index (χ4v) is 2.57. The highest BCUT2D eigenvalue weighted by Gasteiger charge is 1.97. The molecule has 0 fully saturated rings. The summed E-state index contributed by atoms with van der Waals surface area (Å²) in [6.45, 7) is 3.72. The van der Waals surface area contributed by atoms with Crippen molar-refractivity contribution in [2.45, 2.75) is 19.8 Å². The minimum Gasteiger partial charge on any atom is -0.370 e. The van der Waals surface area contributed by atoms with E-state index in [4.69, 9.17) is 5.73 Å². The van der Waals surface area contributed by atoms with E-state index in [0.29, 0.717) is 5.96 Å². The van der Waals surface area contributed by atoms with Crippen molar-refractivity contribution in [3.8, 4) is 0 Å². The molecule has 1 rings (SSSR count). The van der Waals surface area contributed by atoms with E-state index in [1.54, 1.807) is 11.3 Å². The third-order valence-corrected chi connectivity index (χ3v) is 3.50. The van der Waals surface area contributed by atoms with Crippen LogP contribution in [0, 0.1) is 0 Å². The molecule has 1 aromatic heterocycles. The minimum atomic E-state index is 0.549. The fourth-order valence-electron chi connectivity index (χ4n) is 1.09. The van der Waals surface area contributed by atoms with Gasteiger partial charge in [0.1, 0.15) is 0 Å². The van der Waals surface area contributed by atoms with Crippen LogP contribution in [-0.2, 0) is 6.42 Å². The topological polar surface area (TPSA) is 50.4 Å². The van der Waals surface area contributed by atoms with Crippen LogP contribution in [0.1, 0.15) is 18.2 Å². The Balaban J connectivity index is 2.21. The second-order valence-corrected chi connectivity index (χ2v) is 5.70. The van der Waals surface area contributed by atoms with E-state index in [2.05, 4.69) is 45.3 Å². The third-order valence-electron chi connectivity index (χ3n) is 1.81. The molecule has 0 aliphatic heterocycles. The Kier molecular flexibility index (Phi) is 5.71. The summed E-state index contributed by atoms with van der Waals surface area (Å²) in [6, 6.07) is 4.18. The van der Waals surface area contributed by atoms with Crippen molar-refractivity contribution in [2.24, 2.45) is 10.7 Å². The van der Waals surface area contributed by atoms with E-state index in [1.165, 1.54) is 8.66 Å². The molecule has 1 aromatic rings. The standard InChI is InChI=1S/C10H16BrN3S/c1-2-6-13-10(12)14-7-5-8-3-4-9(11)15-8/h3-4H,2,5-7H2,1H3,(H3,12,13,14). The highest BCUT2D eigenvalue weighted by molar-refractivity contribution is 9.11. The number of aliphatic imine (C=N–C) groups is 1. The van der Waals surface area contributed by atoms with Crippen LogP contribution in [-0.4, -0.2) is 19.0 Å². The van der Waals surface area contributed by atoms with Crippen molar-refractivity contribution in [1.82, 2.24) is 5.32 Å². The second kappa shape index (κ2) is 6.85. The predicted molar refractivity (Wildman–Crippen MR) is 70.5 cm³/mol. The average Bonchev–Trinajstić information content (AvgIpc) is 2.61. The van der Waals surface area contributed by atoms with Gasteiger partial charge in [-0.25, -0.2) is 0 Å². The van der Waals surface area contributed by atoms with Crippen LogP contribution in [0.5, 0.6) is 0 Å². The average molecular weight is 290 g/mol. The van der Waals surface area contributed by atoms with E-state index >= 15 is 0 Å². The molecule has 0 unspecified atom stereocenters. The van der Waals surface area contributed by atoms with E-state index in [0.717, 1.165) is 25.9 Å². The number of guanidine groups is 1. The van der Waals surface area contributed by atoms with Gasteiger partial charge in [0.25, 0.3) is 0 Å². The van der Waals surface area contributed by atoms with Crippen molar-refractivity contribution >= 4 is 33.2 Å². The van der Waals surface area contributed by atoms with Crippen molar-refractivity contribution in [3.05, 3.63) is 20.8 Å². The first kappa shape index (κ1) is 12.5. The maximum absolute atomic E-state index is 5.66. The van der Waals surface area contributed by atoms with E-state index in [1.807, 2.05) is 0 Å². The number of nitrogens with two attached hydrogens (primary N) is 1. The van der Waals surface area contributed by atoms with Crippen molar-refractivity contribution < 1.29 is 0 Å². The fraction of sp³-hybridized carbons (Fsp3) is 0.500. The number of hydrogen-bond acceptors (Lipinski definition) is 2. The summed E-state index contributed by atoms with van der Waals surface area (Å²) in [6.07, 6.45) is 2.01. The molecule has 3 N–H and O–H groups in total. The molecule has 0 radical (unpaired) electrons. The van der Waals surface area contributed by atoms with Gasteiger partial charge < -0.3 is 11.1 Å². The summed E-state index contributed by atoms with van der Waals surface area (Å²) >= 11 is 5.19. The van der Waals surface area contributed by atoms with Crippen LogP contribution in [0.4, 0.5) is 0 Å². The first-order valence-corrected chi connectivity index (χ1v) is 6.61. The summed E-state index contributed by atoms with van der Waals surface area (Å²) in [7, 11) is 0. The lowest BCUT2D eigenvalue weighted by molar-refractivity contribution is 0.846. The summed E-state index contributed by atoms with van der Waals surface area (Å²) < 4.78 is 1.17. The van der Waals surface area contributed by atoms with E-state index in [-0.39, 0.29) is 0 Å². The number of rotatable bonds is 5. The Labute approximate surface area is 103 Å². The largest absolute Gasteiger partial charge is 0.370 e. The van der Waals surface area contributed by atoms with Crippen LogP contribution in [0.15, 0.2) is 20.9 Å². The van der Waals surface area contributed by atoms with Gasteiger partial charge in [-0.2, -0.15) is 0 Å². The predicted octanol–water partition coefficient (Wildman–Crippen LogP) is 2.37. The van der Waals surface area contributed by atoms with Gasteiger partial charge in [-0.05, 0) is 40.9 Å². The molecule has 0 saturated heterocycles. The quantitative estimate of drug-likeness (QED) is 0.646. The summed E-state index contributed by atoms with van der Waals surface area (Å²) in [5.41, 5.74) is 5.66. The molecular formula is C10H16BrN3S. The molecule has 0 aromatic carbocycles. The first-order valence-electron chi connectivity index (χ1n) is 5.00. The molecule has 3 nitrogen and oxygen atoms in total. The van der Waals surface area contributed by atoms with Gasteiger partial charge in [0, 0.05) is 18.0 Å². The third kappa shape index (κ3) is 5.18. The van der Waals surface area contributed by atoms with Gasteiger partial charge in [0.2, 0.25) is 0 Å². The van der Waals surface area contributed by atoms with Crippen LogP contribution in [0.2, 0.25) is 0 Å². The van der Waals surface area contributed by atoms with Crippen LogP contribution >= 0.6 is 27.3 Å². The number of nitrogens with one attached hydrogen (secondary N) is 1. The number of hydrogen-bond donors (Lipinski definition) is 2. The highest BCUT2D eigenvalue weighted by Crippen LogP contribution is 2.21. The Bertz CT molecular complexity index is 322. The molecule has 15 heavy (non-hydrogen) atoms. The lowest BCUT2D eigenvalue weighted by atomic mass is 10.3. The molecule has 0 amide bonds. The zero-order valence-corrected chi connectivity index (χ0v) is 11.2. The van der Waals surface area contributed by atoms with Gasteiger partial charge in [-0.1, -0.05) is 6.92 Å². The summed E-state index contributed by atoms with van der Waals surface area (Å²) in [5, 5.41) is 3.09. The maximum atomic E-state index is 5.66. The molecule has 1 heterocycles. The molecular weight excluding hydrogens is 274 g/mol. The Hall–Kier alpha value is -0.550. The normalized spacial score (nSPS) is 11.7. The molecule has 0 aliphatic rings. The Morgan fingerprint density at radius 2 is 2.40 bits per heavy atom. The maximum Gasteiger partial charge on any atom is 0.188 e. The lowest BCUT2D eigenvalue weighted by Gasteiger charge is -2.03. The first-order chi connectivity index (χ1) is 7.22. The monoisotopic (exact) mass is 289 g/mol. The molecule has 0 aliphatic carbocycles. The molecule has 84 valence electrons. The van der Waals surface area contributed by atoms with Gasteiger partial charge >= 0.3 is 0 Å². The minimum absolute atomic E-state index is 0.549. The van der Waals surface area contributed by atoms with E-state index in [9.17, 15) is 0 Å². The van der Waals surface area contributed by atoms with Gasteiger partial charge in [-0.3, -0.25) is 4.99 Å². The van der Waals surface area contributed by atoms with E-state index < -0.39 is 0 Å². The zero-order valence-electron chi connectivity index (χ0n) is 8.79. The number of thiophene rings is 1. The smallest absolute Gasteiger partial charge is 0.188 e. The van der Waals surface area contributed by atoms with Gasteiger partial charge in [-0.15, -0.1) is 11.3 Å². The van der Waals surface area contributed by atoms with Crippen LogP contribution in [0.3, 0.4) is 0 Å². The molecule has 0 atom stereocenters. The zero-order chi connectivity index (χ0) is 11.1. The molecule has 0 saturated carbocycles. The van der Waals surface area contributed by atoms with Crippen molar-refractivity contribution in [1.29, 1.82) is 0 Å². The molecule has 0 spiro atoms. The number of nitrogens with zero attached hydrogens (tertiary/aromatic N) is 1. The lowest BCUT2D eigenvalue weighted by Crippen LogP contribution is -2.33. The highest BCUT2D eigenvalue weighted by atomic mass is 79.9. The van der Waals surface area contributed by atoms with Crippen LogP contribution < -0.4 is 11.1 Å². The van der Waals surface area contributed by atoms with Crippen molar-refractivity contribution in [2.75, 3.05) is 13.1 Å². The van der Waals surface area contributed by atoms with Gasteiger partial charge in [0.05, 0.1) is 3.79 Å².